The summed E-state index contributed by atoms with van der Waals surface area (Å²) in [6, 6.07) is 6.61. The molecule has 94 valence electrons. The topological polar surface area (TPSA) is 67.2 Å². The highest BCUT2D eigenvalue weighted by Gasteiger charge is 2.05. The Balaban J connectivity index is 1.86. The average Bonchev–Trinajstić information content (AvgIpc) is 2.75. The molecule has 1 amide bonds. The number of carbonyl (C=O) groups is 1. The number of benzene rings is 1. The second-order valence-corrected chi connectivity index (χ2v) is 4.07. The van der Waals surface area contributed by atoms with Crippen molar-refractivity contribution in [1.29, 1.82) is 0 Å². The number of hydrogen-bond acceptors (Lipinski definition) is 3. The van der Waals surface area contributed by atoms with Crippen LogP contribution >= 0.6 is 0 Å². The van der Waals surface area contributed by atoms with Gasteiger partial charge in [0.15, 0.2) is 0 Å². The van der Waals surface area contributed by atoms with Crippen molar-refractivity contribution in [3.63, 3.8) is 0 Å². The molecule has 0 bridgehead atoms. The Morgan fingerprint density at radius 1 is 1.39 bits per heavy atom. The first kappa shape index (κ1) is 12.2. The number of nitrogens with one attached hydrogen (secondary N) is 1. The van der Waals surface area contributed by atoms with Gasteiger partial charge in [0, 0.05) is 19.4 Å². The van der Waals surface area contributed by atoms with Crippen LogP contribution in [-0.4, -0.2) is 20.6 Å². The number of imidazole rings is 1. The zero-order valence-corrected chi connectivity index (χ0v) is 10.1. The number of aromatic nitrogens is 2. The van der Waals surface area contributed by atoms with Crippen LogP contribution in [0.5, 0.6) is 5.75 Å². The fraction of sp³-hybridized carbons (Fsp3) is 0.231. The normalized spacial score (nSPS) is 10.3. The number of phenols is 1. The van der Waals surface area contributed by atoms with Crippen molar-refractivity contribution in [3.8, 4) is 5.75 Å². The van der Waals surface area contributed by atoms with E-state index in [2.05, 4.69) is 10.3 Å². The summed E-state index contributed by atoms with van der Waals surface area (Å²) >= 11 is 0. The number of aromatic hydroxyl groups is 1. The van der Waals surface area contributed by atoms with Gasteiger partial charge in [-0.05, 0) is 17.7 Å². The van der Waals surface area contributed by atoms with Gasteiger partial charge in [-0.3, -0.25) is 4.79 Å². The Kier molecular flexibility index (Phi) is 3.62. The molecule has 5 heteroatoms. The molecule has 0 spiro atoms. The van der Waals surface area contributed by atoms with Crippen molar-refractivity contribution >= 4 is 5.91 Å². The Hall–Kier alpha value is -2.30. The molecule has 0 radical (unpaired) electrons. The molecule has 1 aromatic heterocycles. The molecule has 0 atom stereocenters. The molecule has 18 heavy (non-hydrogen) atoms. The Morgan fingerprint density at radius 2 is 2.11 bits per heavy atom. The molecule has 0 saturated carbocycles. The number of aryl methyl sites for hydroxylation is 1. The highest BCUT2D eigenvalue weighted by atomic mass is 16.3. The minimum Gasteiger partial charge on any atom is -0.508 e. The van der Waals surface area contributed by atoms with Gasteiger partial charge in [-0.15, -0.1) is 0 Å². The summed E-state index contributed by atoms with van der Waals surface area (Å²) < 4.78 is 1.86. The lowest BCUT2D eigenvalue weighted by atomic mass is 10.1. The molecule has 2 N–H and O–H groups in total. The van der Waals surface area contributed by atoms with Crippen molar-refractivity contribution < 1.29 is 9.90 Å². The molecular formula is C13H15N3O2. The summed E-state index contributed by atoms with van der Waals surface area (Å²) in [5.41, 5.74) is 0.866. The predicted octanol–water partition coefficient (Wildman–Crippen LogP) is 0.985. The monoisotopic (exact) mass is 245 g/mol. The zero-order valence-electron chi connectivity index (χ0n) is 10.1. The lowest BCUT2D eigenvalue weighted by Crippen LogP contribution is -2.25. The number of amides is 1. The van der Waals surface area contributed by atoms with Gasteiger partial charge in [0.1, 0.15) is 11.6 Å². The van der Waals surface area contributed by atoms with Crippen LogP contribution in [0.15, 0.2) is 36.7 Å². The molecule has 0 unspecified atom stereocenters. The first-order valence-corrected chi connectivity index (χ1v) is 5.66. The third-order valence-corrected chi connectivity index (χ3v) is 2.67. The van der Waals surface area contributed by atoms with Crippen LogP contribution in [0.25, 0.3) is 0 Å². The summed E-state index contributed by atoms with van der Waals surface area (Å²) in [5.74, 6) is 0.949. The molecule has 0 aliphatic heterocycles. The number of rotatable bonds is 4. The molecule has 5 nitrogen and oxygen atoms in total. The van der Waals surface area contributed by atoms with Crippen molar-refractivity contribution in [1.82, 2.24) is 14.9 Å². The van der Waals surface area contributed by atoms with E-state index in [0.29, 0.717) is 13.0 Å². The van der Waals surface area contributed by atoms with Gasteiger partial charge in [0.05, 0.1) is 13.0 Å². The molecule has 2 aromatic rings. The maximum Gasteiger partial charge on any atom is 0.224 e. The van der Waals surface area contributed by atoms with E-state index >= 15 is 0 Å². The van der Waals surface area contributed by atoms with Gasteiger partial charge in [0.2, 0.25) is 5.91 Å². The van der Waals surface area contributed by atoms with Crippen LogP contribution in [0, 0.1) is 0 Å². The summed E-state index contributed by atoms with van der Waals surface area (Å²) in [5, 5.41) is 11.9. The van der Waals surface area contributed by atoms with E-state index < -0.39 is 0 Å². The van der Waals surface area contributed by atoms with Crippen LogP contribution in [-0.2, 0) is 24.8 Å². The minimum absolute atomic E-state index is 0.0660. The van der Waals surface area contributed by atoms with Crippen LogP contribution in [0.1, 0.15) is 11.4 Å². The second kappa shape index (κ2) is 5.35. The summed E-state index contributed by atoms with van der Waals surface area (Å²) in [7, 11) is 1.88. The average molecular weight is 245 g/mol. The van der Waals surface area contributed by atoms with Crippen molar-refractivity contribution in [2.75, 3.05) is 0 Å². The highest BCUT2D eigenvalue weighted by molar-refractivity contribution is 5.78. The largest absolute Gasteiger partial charge is 0.508 e. The van der Waals surface area contributed by atoms with E-state index in [1.54, 1.807) is 30.5 Å². The minimum atomic E-state index is -0.0660. The van der Waals surface area contributed by atoms with Crippen molar-refractivity contribution in [3.05, 3.63) is 48.0 Å². The van der Waals surface area contributed by atoms with Gasteiger partial charge >= 0.3 is 0 Å². The van der Waals surface area contributed by atoms with Crippen LogP contribution in [0.3, 0.4) is 0 Å². The van der Waals surface area contributed by atoms with Gasteiger partial charge in [-0.25, -0.2) is 4.98 Å². The fourth-order valence-electron chi connectivity index (χ4n) is 1.61. The van der Waals surface area contributed by atoms with Crippen LogP contribution < -0.4 is 5.32 Å². The number of hydrogen-bond donors (Lipinski definition) is 2. The van der Waals surface area contributed by atoms with E-state index in [9.17, 15) is 4.79 Å². The zero-order chi connectivity index (χ0) is 13.0. The van der Waals surface area contributed by atoms with Gasteiger partial charge < -0.3 is 15.0 Å². The summed E-state index contributed by atoms with van der Waals surface area (Å²) in [6.07, 6.45) is 3.83. The molecule has 1 heterocycles. The van der Waals surface area contributed by atoms with E-state index in [0.717, 1.165) is 11.4 Å². The van der Waals surface area contributed by atoms with Crippen molar-refractivity contribution in [2.24, 2.45) is 7.05 Å². The van der Waals surface area contributed by atoms with E-state index in [1.165, 1.54) is 0 Å². The molecule has 0 aliphatic carbocycles. The lowest BCUT2D eigenvalue weighted by Gasteiger charge is -2.05. The van der Waals surface area contributed by atoms with Crippen LogP contribution in [0.4, 0.5) is 0 Å². The number of nitrogens with zero attached hydrogens (tertiary/aromatic N) is 2. The molecular weight excluding hydrogens is 230 g/mol. The van der Waals surface area contributed by atoms with Gasteiger partial charge in [-0.1, -0.05) is 12.1 Å². The van der Waals surface area contributed by atoms with Crippen LogP contribution in [0.2, 0.25) is 0 Å². The number of phenolic OH excluding ortho intramolecular Hbond substituents is 1. The first-order valence-electron chi connectivity index (χ1n) is 5.66. The maximum absolute atomic E-state index is 11.7. The van der Waals surface area contributed by atoms with Gasteiger partial charge in [-0.2, -0.15) is 0 Å². The van der Waals surface area contributed by atoms with Gasteiger partial charge in [0.25, 0.3) is 0 Å². The smallest absolute Gasteiger partial charge is 0.224 e. The summed E-state index contributed by atoms with van der Waals surface area (Å²) in [6.45, 7) is 0.417. The predicted molar refractivity (Wildman–Crippen MR) is 66.9 cm³/mol. The second-order valence-electron chi connectivity index (χ2n) is 4.07. The van der Waals surface area contributed by atoms with E-state index in [1.807, 2.05) is 17.8 Å². The van der Waals surface area contributed by atoms with Crippen molar-refractivity contribution in [2.45, 2.75) is 13.0 Å². The molecule has 0 saturated heterocycles. The fourth-order valence-corrected chi connectivity index (χ4v) is 1.61. The Labute approximate surface area is 105 Å². The van der Waals surface area contributed by atoms with E-state index in [-0.39, 0.29) is 11.7 Å². The Morgan fingerprint density at radius 3 is 2.72 bits per heavy atom. The molecule has 1 aromatic carbocycles. The lowest BCUT2D eigenvalue weighted by molar-refractivity contribution is -0.120. The molecule has 0 fully saturated rings. The highest BCUT2D eigenvalue weighted by Crippen LogP contribution is 2.09. The quantitative estimate of drug-likeness (QED) is 0.844. The molecule has 0 aliphatic rings. The summed E-state index contributed by atoms with van der Waals surface area (Å²) in [4.78, 5) is 15.8. The SMILES string of the molecule is Cn1ccnc1CNC(=O)Cc1ccc(O)cc1. The van der Waals surface area contributed by atoms with E-state index in [4.69, 9.17) is 5.11 Å². The third-order valence-electron chi connectivity index (χ3n) is 2.67. The Bertz CT molecular complexity index is 531. The number of carbonyl (C=O) groups excluding carboxylic acids is 1. The third kappa shape index (κ3) is 3.10. The maximum atomic E-state index is 11.7. The standard InChI is InChI=1S/C13H15N3O2/c1-16-7-6-14-12(16)9-15-13(18)8-10-2-4-11(17)5-3-10/h2-7,17H,8-9H2,1H3,(H,15,18). The first-order chi connectivity index (χ1) is 8.65. The molecule has 2 rings (SSSR count).